The van der Waals surface area contributed by atoms with E-state index in [1.165, 1.54) is 40.9 Å². The lowest BCUT2D eigenvalue weighted by Crippen LogP contribution is -2.27. The van der Waals surface area contributed by atoms with Gasteiger partial charge >= 0.3 is 5.97 Å². The molecule has 0 radical (unpaired) electrons. The fourth-order valence-corrected chi connectivity index (χ4v) is 5.42. The Balaban J connectivity index is 0.000000890. The molecule has 182 valence electrons. The summed E-state index contributed by atoms with van der Waals surface area (Å²) in [6.45, 7) is 11.1. The van der Waals surface area contributed by atoms with Crippen molar-refractivity contribution in [2.24, 2.45) is 5.92 Å². The molecule has 0 aromatic heterocycles. The van der Waals surface area contributed by atoms with E-state index in [9.17, 15) is 9.90 Å². The summed E-state index contributed by atoms with van der Waals surface area (Å²) in [5.41, 5.74) is 3.40. The molecule has 4 nitrogen and oxygen atoms in total. The van der Waals surface area contributed by atoms with Gasteiger partial charge in [-0.3, -0.25) is 4.79 Å². The Hall–Kier alpha value is -1.79. The summed E-state index contributed by atoms with van der Waals surface area (Å²) in [7, 11) is 1.68. The summed E-state index contributed by atoms with van der Waals surface area (Å²) >= 11 is 3.32. The Bertz CT molecular complexity index is 884. The monoisotopic (exact) mass is 489 g/mol. The van der Waals surface area contributed by atoms with Crippen molar-refractivity contribution in [3.63, 3.8) is 0 Å². The van der Waals surface area contributed by atoms with Crippen molar-refractivity contribution in [2.45, 2.75) is 69.3 Å². The van der Waals surface area contributed by atoms with Gasteiger partial charge in [-0.15, -0.1) is 23.5 Å². The predicted octanol–water partition coefficient (Wildman–Crippen LogP) is 7.87. The number of hydrogen-bond acceptors (Lipinski definition) is 5. The molecule has 1 aliphatic rings. The highest BCUT2D eigenvalue weighted by Gasteiger charge is 2.29. The van der Waals surface area contributed by atoms with Gasteiger partial charge in [-0.2, -0.15) is 0 Å². The van der Waals surface area contributed by atoms with Crippen LogP contribution < -0.4 is 9.64 Å². The summed E-state index contributed by atoms with van der Waals surface area (Å²) in [6.07, 6.45) is 3.77. The lowest BCUT2D eigenvalue weighted by Gasteiger charge is -2.28. The van der Waals surface area contributed by atoms with Crippen LogP contribution in [0.5, 0.6) is 5.75 Å². The molecule has 2 aromatic carbocycles. The third kappa shape index (κ3) is 7.61. The third-order valence-electron chi connectivity index (χ3n) is 5.82. The maximum absolute atomic E-state index is 11.5. The van der Waals surface area contributed by atoms with Gasteiger partial charge in [0.2, 0.25) is 0 Å². The Morgan fingerprint density at radius 1 is 1.18 bits per heavy atom. The fourth-order valence-electron chi connectivity index (χ4n) is 3.26. The van der Waals surface area contributed by atoms with Gasteiger partial charge in [-0.1, -0.05) is 58.2 Å². The number of benzene rings is 2. The molecule has 1 atom stereocenters. The molecule has 0 saturated heterocycles. The average Bonchev–Trinajstić information content (AvgIpc) is 3.01. The van der Waals surface area contributed by atoms with Crippen molar-refractivity contribution < 1.29 is 14.6 Å². The fraction of sp³-hybridized carbons (Fsp3) is 0.519. The first-order valence-electron chi connectivity index (χ1n) is 11.8. The maximum atomic E-state index is 11.5. The molecule has 1 N–H and O–H groups in total. The molecular formula is C27H39NO3S2. The number of fused-ring (bicyclic) bond motifs is 1. The molecule has 1 heterocycles. The van der Waals surface area contributed by atoms with Crippen LogP contribution in [0.3, 0.4) is 0 Å². The van der Waals surface area contributed by atoms with E-state index in [1.807, 2.05) is 17.8 Å². The van der Waals surface area contributed by atoms with E-state index in [4.69, 9.17) is 4.74 Å². The van der Waals surface area contributed by atoms with Crippen LogP contribution in [0.25, 0.3) is 0 Å². The number of para-hydroxylation sites is 1. The van der Waals surface area contributed by atoms with Gasteiger partial charge in [-0.25, -0.2) is 0 Å². The Morgan fingerprint density at radius 2 is 1.85 bits per heavy atom. The number of nitrogens with zero attached hydrogens (tertiary/aromatic N) is 1. The van der Waals surface area contributed by atoms with Crippen LogP contribution in [0, 0.1) is 5.92 Å². The van der Waals surface area contributed by atoms with Gasteiger partial charge in [0.15, 0.2) is 0 Å². The van der Waals surface area contributed by atoms with Crippen LogP contribution in [0.4, 0.5) is 11.4 Å². The molecule has 0 fully saturated rings. The molecule has 33 heavy (non-hydrogen) atoms. The number of carbonyl (C=O) groups is 1. The van der Waals surface area contributed by atoms with Crippen LogP contribution in [0.1, 0.15) is 59.4 Å². The number of carboxylic acids is 1. The van der Waals surface area contributed by atoms with Crippen molar-refractivity contribution in [3.05, 3.63) is 48.0 Å². The second-order valence-electron chi connectivity index (χ2n) is 8.77. The normalized spacial score (nSPS) is 15.7. The highest BCUT2D eigenvalue weighted by molar-refractivity contribution is 8.00. The molecule has 0 amide bonds. The van der Waals surface area contributed by atoms with E-state index in [0.29, 0.717) is 11.7 Å². The average molecular weight is 490 g/mol. The minimum absolute atomic E-state index is 0.596. The summed E-state index contributed by atoms with van der Waals surface area (Å²) < 4.78 is 4.88. The predicted molar refractivity (Wildman–Crippen MR) is 145 cm³/mol. The lowest BCUT2D eigenvalue weighted by atomic mass is 10.1. The SMILES string of the molecule is CCC1CSc2cc(CSC(C)(C)C(=O)O)c(OC)cc2N(c2ccccc2)C1.CCCC. The minimum atomic E-state index is -0.839. The molecule has 0 bridgehead atoms. The zero-order chi connectivity index (χ0) is 24.4. The summed E-state index contributed by atoms with van der Waals surface area (Å²) in [5.74, 6) is 2.29. The first-order valence-corrected chi connectivity index (χ1v) is 13.8. The molecule has 6 heteroatoms. The number of unbranched alkanes of at least 4 members (excludes halogenated alkanes) is 1. The maximum Gasteiger partial charge on any atom is 0.319 e. The van der Waals surface area contributed by atoms with E-state index in [-0.39, 0.29) is 0 Å². The molecule has 1 aliphatic heterocycles. The first kappa shape index (κ1) is 27.5. The molecule has 1 unspecified atom stereocenters. The topological polar surface area (TPSA) is 49.8 Å². The summed E-state index contributed by atoms with van der Waals surface area (Å²) in [4.78, 5) is 15.1. The van der Waals surface area contributed by atoms with E-state index in [0.717, 1.165) is 30.0 Å². The van der Waals surface area contributed by atoms with Crippen LogP contribution in [0.15, 0.2) is 47.4 Å². The highest BCUT2D eigenvalue weighted by Crippen LogP contribution is 2.44. The zero-order valence-corrected chi connectivity index (χ0v) is 22.5. The van der Waals surface area contributed by atoms with Crippen molar-refractivity contribution in [1.82, 2.24) is 0 Å². The van der Waals surface area contributed by atoms with Gasteiger partial charge in [0.25, 0.3) is 0 Å². The Labute approximate surface area is 208 Å². The standard InChI is InChI=1S/C23H29NO3S2.C4H10/c1-5-16-13-24(18-9-7-6-8-10-18)19-12-20(27-4)17(11-21(19)28-14-16)15-29-23(2,3)22(25)26;1-3-4-2/h6-12,16H,5,13-15H2,1-4H3,(H,25,26);3-4H2,1-2H3. The number of anilines is 2. The summed E-state index contributed by atoms with van der Waals surface area (Å²) in [6, 6.07) is 14.8. The largest absolute Gasteiger partial charge is 0.496 e. The number of methoxy groups -OCH3 is 1. The number of thioether (sulfide) groups is 2. The molecule has 0 aliphatic carbocycles. The zero-order valence-electron chi connectivity index (χ0n) is 20.9. The van der Waals surface area contributed by atoms with Gasteiger partial charge < -0.3 is 14.7 Å². The van der Waals surface area contributed by atoms with Crippen molar-refractivity contribution in [3.8, 4) is 5.75 Å². The first-order chi connectivity index (χ1) is 15.8. The van der Waals surface area contributed by atoms with Crippen molar-refractivity contribution in [1.29, 1.82) is 0 Å². The Kier molecular flexibility index (Phi) is 11.0. The number of ether oxygens (including phenoxy) is 1. The minimum Gasteiger partial charge on any atom is -0.496 e. The van der Waals surface area contributed by atoms with E-state index in [2.05, 4.69) is 62.1 Å². The molecule has 0 saturated carbocycles. The number of rotatable bonds is 8. The number of aliphatic carboxylic acids is 1. The number of hydrogen-bond donors (Lipinski definition) is 1. The molecular weight excluding hydrogens is 450 g/mol. The molecule has 3 rings (SSSR count). The summed E-state index contributed by atoms with van der Waals surface area (Å²) in [5, 5.41) is 9.43. The quantitative estimate of drug-likeness (QED) is 0.407. The van der Waals surface area contributed by atoms with Crippen LogP contribution in [-0.4, -0.2) is 35.2 Å². The third-order valence-corrected chi connectivity index (χ3v) is 8.44. The smallest absolute Gasteiger partial charge is 0.319 e. The van der Waals surface area contributed by atoms with Gasteiger partial charge in [0.05, 0.1) is 12.8 Å². The number of carboxylic acid groups (broad SMARTS) is 1. The van der Waals surface area contributed by atoms with E-state index >= 15 is 0 Å². The molecule has 2 aromatic rings. The highest BCUT2D eigenvalue weighted by atomic mass is 32.2. The van der Waals surface area contributed by atoms with E-state index < -0.39 is 10.7 Å². The van der Waals surface area contributed by atoms with Gasteiger partial charge in [-0.05, 0) is 38.0 Å². The van der Waals surface area contributed by atoms with Crippen LogP contribution in [0.2, 0.25) is 0 Å². The van der Waals surface area contributed by atoms with Crippen LogP contribution >= 0.6 is 23.5 Å². The van der Waals surface area contributed by atoms with Gasteiger partial charge in [0.1, 0.15) is 10.5 Å². The van der Waals surface area contributed by atoms with E-state index in [1.54, 1.807) is 21.0 Å². The second-order valence-corrected chi connectivity index (χ2v) is 11.4. The second kappa shape index (κ2) is 13.2. The van der Waals surface area contributed by atoms with Crippen molar-refractivity contribution >= 4 is 40.9 Å². The van der Waals surface area contributed by atoms with Gasteiger partial charge in [0, 0.05) is 40.3 Å². The Morgan fingerprint density at radius 3 is 2.39 bits per heavy atom. The molecule has 0 spiro atoms. The van der Waals surface area contributed by atoms with Crippen molar-refractivity contribution in [2.75, 3.05) is 24.3 Å². The van der Waals surface area contributed by atoms with Crippen LogP contribution in [-0.2, 0) is 10.5 Å². The lowest BCUT2D eigenvalue weighted by molar-refractivity contribution is -0.138.